The fourth-order valence-electron chi connectivity index (χ4n) is 19.2. The fraction of sp³-hybridized carbons (Fsp3) is 0.916. The van der Waals surface area contributed by atoms with Gasteiger partial charge in [0.25, 0.3) is 5.79 Å². The number of carbonyl (C=O) groups excluding carboxylic acids is 5. The van der Waals surface area contributed by atoms with Gasteiger partial charge in [-0.05, 0) is 19.3 Å². The Morgan fingerprint density at radius 2 is 0.716 bits per heavy atom. The summed E-state index contributed by atoms with van der Waals surface area (Å²) in [6.45, 7) is -0.650. The van der Waals surface area contributed by atoms with Gasteiger partial charge in [0.1, 0.15) is 165 Å². The summed E-state index contributed by atoms with van der Waals surface area (Å²) in [5.41, 5.74) is 0. The number of ether oxygens (including phenoxy) is 14. The number of allylic oxidation sites excluding steroid dienone is 1. The second-order valence-electron chi connectivity index (χ2n) is 38.5. The zero-order valence-corrected chi connectivity index (χ0v) is 82.5. The van der Waals surface area contributed by atoms with Gasteiger partial charge in [0.15, 0.2) is 37.7 Å². The number of unbranched alkanes of at least 4 members (excludes halogenated alkanes) is 31. The molecule has 0 spiro atoms. The van der Waals surface area contributed by atoms with Gasteiger partial charge in [0.2, 0.25) is 29.5 Å². The summed E-state index contributed by atoms with van der Waals surface area (Å²) in [5.74, 6) is -9.91. The molecular weight excluding hydrogens is 1870 g/mol. The van der Waals surface area contributed by atoms with Gasteiger partial charge in [-0.15, -0.1) is 0 Å². The molecule has 7 fully saturated rings. The first-order chi connectivity index (χ1) is 67.5. The molecule has 7 aliphatic rings. The number of carbonyl (C=O) groups is 6. The summed E-state index contributed by atoms with van der Waals surface area (Å²) in [4.78, 5) is 79.9. The van der Waals surface area contributed by atoms with Crippen LogP contribution in [0.4, 0.5) is 0 Å². The van der Waals surface area contributed by atoms with Crippen molar-refractivity contribution < 1.29 is 202 Å². The Hall–Kier alpha value is -4.80. The van der Waals surface area contributed by atoms with E-state index in [-0.39, 0.29) is 6.42 Å². The maximum Gasteiger partial charge on any atom is 0.364 e. The van der Waals surface area contributed by atoms with Gasteiger partial charge in [-0.25, -0.2) is 4.79 Å². The third kappa shape index (κ3) is 37.4. The second kappa shape index (κ2) is 64.6. The summed E-state index contributed by atoms with van der Waals surface area (Å²) in [5, 5.41) is 253. The maximum atomic E-state index is 14.0. The van der Waals surface area contributed by atoms with Crippen LogP contribution in [0.15, 0.2) is 12.2 Å². The van der Waals surface area contributed by atoms with Gasteiger partial charge in [0, 0.05) is 40.5 Å². The monoisotopic (exact) mass is 2040 g/mol. The van der Waals surface area contributed by atoms with E-state index in [0.29, 0.717) is 12.8 Å². The zero-order valence-electron chi connectivity index (χ0n) is 82.5. The minimum atomic E-state index is -3.49. The summed E-state index contributed by atoms with van der Waals surface area (Å²) in [6, 6.07) is -8.91. The van der Waals surface area contributed by atoms with E-state index in [0.717, 1.165) is 91.9 Å². The Labute approximate surface area is 824 Å². The highest BCUT2D eigenvalue weighted by atomic mass is 16.8. The van der Waals surface area contributed by atoms with Crippen molar-refractivity contribution in [2.45, 2.75) is 499 Å². The lowest BCUT2D eigenvalue weighted by Crippen LogP contribution is -2.73. The molecular formula is C95H169N5O41. The summed E-state index contributed by atoms with van der Waals surface area (Å²) in [6.07, 6.45) is -29.2. The molecule has 38 atom stereocenters. The van der Waals surface area contributed by atoms with Crippen molar-refractivity contribution in [2.24, 2.45) is 0 Å². The molecule has 7 heterocycles. The van der Waals surface area contributed by atoms with E-state index < -0.39 is 327 Å². The zero-order chi connectivity index (χ0) is 104. The average molecular weight is 2040 g/mol. The predicted molar refractivity (Wildman–Crippen MR) is 495 cm³/mol. The Balaban J connectivity index is 1.16. The number of aliphatic carboxylic acids is 1. The molecule has 7 aliphatic heterocycles. The van der Waals surface area contributed by atoms with Crippen molar-refractivity contribution >= 4 is 35.5 Å². The number of carboxylic acid groups (broad SMARTS) is 1. The van der Waals surface area contributed by atoms with E-state index in [1.807, 2.05) is 0 Å². The summed E-state index contributed by atoms with van der Waals surface area (Å²) >= 11 is 0. The van der Waals surface area contributed by atoms with E-state index in [1.54, 1.807) is 6.08 Å². The molecule has 0 saturated carbocycles. The molecule has 7 saturated heterocycles. The molecule has 14 unspecified atom stereocenters. The molecule has 5 amide bonds. The van der Waals surface area contributed by atoms with Crippen LogP contribution in [0, 0.1) is 0 Å². The number of amides is 5. The Morgan fingerprint density at radius 3 is 1.13 bits per heavy atom. The highest BCUT2D eigenvalue weighted by Gasteiger charge is 2.64. The molecule has 0 aromatic carbocycles. The number of nitrogens with one attached hydrogen (secondary N) is 5. The van der Waals surface area contributed by atoms with Crippen LogP contribution in [0.5, 0.6) is 0 Å². The number of rotatable bonds is 66. The molecule has 141 heavy (non-hydrogen) atoms. The first kappa shape index (κ1) is 123. The largest absolute Gasteiger partial charge is 0.477 e. The van der Waals surface area contributed by atoms with E-state index >= 15 is 0 Å². The lowest BCUT2D eigenvalue weighted by atomic mass is 9.88. The third-order valence-electron chi connectivity index (χ3n) is 27.1. The molecule has 0 aromatic rings. The normalized spacial score (nSPS) is 35.6. The van der Waals surface area contributed by atoms with Crippen molar-refractivity contribution in [3.63, 3.8) is 0 Å². The molecule has 7 rings (SSSR count). The van der Waals surface area contributed by atoms with E-state index in [4.69, 9.17) is 66.3 Å². The summed E-state index contributed by atoms with van der Waals surface area (Å²) < 4.78 is 86.4. The number of aliphatic hydroxyl groups excluding tert-OH is 20. The molecule has 0 aliphatic carbocycles. The van der Waals surface area contributed by atoms with Crippen molar-refractivity contribution in [1.29, 1.82) is 0 Å². The minimum absolute atomic E-state index is 0.104. The number of hydrogen-bond acceptors (Lipinski definition) is 40. The topological polar surface area (TPSA) is 717 Å². The standard InChI is InChI=1S/C95H169N5O41/c1-7-9-11-13-15-17-19-21-22-23-24-25-26-27-28-30-32-34-36-38-40-42-66(115)100-56(57(112)41-39-37-35-33-31-29-20-18-16-14-12-10-8-2)51-128-91-78(123)77(122)81(63(48-105)132-91)135-92-79(124)86(82(64(49-106)133-92)136-88-68(97-53(4)109)75(120)72(117)60(45-102)129-88)139-90-70(99-55(6)111)84(74(119)62(47-104)131-90)138-93-80(125)87(83(65(50-107)134-93)137-89-69(98-54(5)110)76(121)73(118)61(46-103)130-89)141-95(94(126)127)43-58(113)67(96-52(3)108)85(140-95)71(116)59(114)44-101/h39,41,56-65,67-93,101-107,112-114,116-125H,7-38,40,42-51H2,1-6H3,(H,96,108)(H,97,109)(H,98,110)(H,99,111)(H,100,115)(H,126,127)/b41-39+/t56-,57+,58?,59+,60?,61?,62?,63?,64?,65?,67+,68?,69?,70?,71+,72-,73-,74+,75+,76+,77+,78?,79?,80?,81+,82-,83-,84+,85?,86+,87+,88-,89-,90-,91+,92-,93-,95-/m0/s1. The van der Waals surface area contributed by atoms with Crippen LogP contribution in [0.25, 0.3) is 0 Å². The highest BCUT2D eigenvalue weighted by Crippen LogP contribution is 2.43. The SMILES string of the molecule is CCCCCCCCCCCCC/C=C/[C@@H](O)[C@H](CO[C@@H]1OC(CO)[C@@H](O[C@@H]2OC(CO)[C@H](O[C@@H]3OC(CO)[C@H](O)[C@H](O)C3NC(C)=O)[C@H](O[C@@H]3OC(CO)[C@@H](O)[C@H](O[C@@H]4OC(CO)[C@H](O[C@@H]5OC(CO)[C@H](O)[C@H](O)C5NC(C)=O)[C@H](O[C@]5(C(=O)O)CC(O)[C@@H](NC(C)=O)C([C@H](O)[C@H](O)CO)O5)C4O)C3NC(C)=O)C2O)[C@H](O)C1O)NC(=O)CCCCCCCCCCCCCCCCCCCCCCC. The van der Waals surface area contributed by atoms with Gasteiger partial charge in [0.05, 0.1) is 77.1 Å². The molecule has 26 N–H and O–H groups in total. The third-order valence-corrected chi connectivity index (χ3v) is 27.1. The first-order valence-electron chi connectivity index (χ1n) is 51.1. The van der Waals surface area contributed by atoms with E-state index in [1.165, 1.54) is 141 Å². The highest BCUT2D eigenvalue weighted by molar-refractivity contribution is 5.77. The number of hydrogen-bond donors (Lipinski definition) is 26. The second-order valence-corrected chi connectivity index (χ2v) is 38.5. The molecule has 46 heteroatoms. The molecule has 0 aromatic heterocycles. The number of aliphatic hydroxyl groups is 20. The van der Waals surface area contributed by atoms with Crippen molar-refractivity contribution in [3.05, 3.63) is 12.2 Å². The molecule has 820 valence electrons. The average Bonchev–Trinajstić information content (AvgIpc) is 0.741. The van der Waals surface area contributed by atoms with Gasteiger partial charge in [-0.2, -0.15) is 0 Å². The lowest BCUT2D eigenvalue weighted by Gasteiger charge is -2.53. The van der Waals surface area contributed by atoms with Gasteiger partial charge in [-0.1, -0.05) is 219 Å². The van der Waals surface area contributed by atoms with Crippen molar-refractivity contribution in [2.75, 3.05) is 52.9 Å². The van der Waals surface area contributed by atoms with Gasteiger partial charge >= 0.3 is 5.97 Å². The molecule has 46 nitrogen and oxygen atoms in total. The van der Waals surface area contributed by atoms with Crippen LogP contribution in [0.3, 0.4) is 0 Å². The van der Waals surface area contributed by atoms with E-state index in [2.05, 4.69) is 40.4 Å². The van der Waals surface area contributed by atoms with E-state index in [9.17, 15) is 136 Å². The maximum absolute atomic E-state index is 14.0. The Morgan fingerprint density at radius 1 is 0.369 bits per heavy atom. The Kier molecular flexibility index (Phi) is 56.4. The smallest absolute Gasteiger partial charge is 0.364 e. The quantitative estimate of drug-likeness (QED) is 0.0217. The van der Waals surface area contributed by atoms with Crippen LogP contribution in [0.1, 0.15) is 266 Å². The molecule has 0 bridgehead atoms. The summed E-state index contributed by atoms with van der Waals surface area (Å²) in [7, 11) is 0. The van der Waals surface area contributed by atoms with Gasteiger partial charge in [-0.3, -0.25) is 24.0 Å². The van der Waals surface area contributed by atoms with Crippen LogP contribution >= 0.6 is 0 Å². The Bertz CT molecular complexity index is 3550. The lowest BCUT2D eigenvalue weighted by molar-refractivity contribution is -0.404. The minimum Gasteiger partial charge on any atom is -0.477 e. The van der Waals surface area contributed by atoms with Gasteiger partial charge < -0.3 is 200 Å². The van der Waals surface area contributed by atoms with Crippen molar-refractivity contribution in [3.8, 4) is 0 Å². The van der Waals surface area contributed by atoms with Crippen LogP contribution < -0.4 is 26.6 Å². The van der Waals surface area contributed by atoms with Crippen LogP contribution in [-0.2, 0) is 95.1 Å². The number of carboxylic acids is 1. The predicted octanol–water partition coefficient (Wildman–Crippen LogP) is -2.77. The first-order valence-corrected chi connectivity index (χ1v) is 51.1. The van der Waals surface area contributed by atoms with Crippen LogP contribution in [-0.4, -0.2) is 428 Å². The van der Waals surface area contributed by atoms with Crippen molar-refractivity contribution in [1.82, 2.24) is 26.6 Å². The molecule has 0 radical (unpaired) electrons. The fourth-order valence-corrected chi connectivity index (χ4v) is 19.2. The van der Waals surface area contributed by atoms with Crippen LogP contribution in [0.2, 0.25) is 0 Å².